The number of carbonyl (C=O) groups excluding carboxylic acids is 2. The van der Waals surface area contributed by atoms with Gasteiger partial charge in [-0.05, 0) is 42.3 Å². The molecule has 1 amide bonds. The van der Waals surface area contributed by atoms with Crippen LogP contribution < -0.4 is 5.32 Å². The lowest BCUT2D eigenvalue weighted by atomic mass is 10.1. The molecular formula is C21H24N2O6S. The summed E-state index contributed by atoms with van der Waals surface area (Å²) in [5.74, 6) is -0.802. The summed E-state index contributed by atoms with van der Waals surface area (Å²) in [6.07, 6.45) is 0.542. The van der Waals surface area contributed by atoms with Gasteiger partial charge in [0, 0.05) is 25.2 Å². The van der Waals surface area contributed by atoms with Crippen LogP contribution in [0.3, 0.4) is 0 Å². The van der Waals surface area contributed by atoms with Gasteiger partial charge in [0.1, 0.15) is 0 Å². The first kappa shape index (κ1) is 21.9. The van der Waals surface area contributed by atoms with E-state index in [2.05, 4.69) is 10.1 Å². The van der Waals surface area contributed by atoms with Crippen LogP contribution in [0.2, 0.25) is 0 Å². The average Bonchev–Trinajstić information content (AvgIpc) is 2.79. The molecule has 0 bridgehead atoms. The normalized spacial score (nSPS) is 14.8. The Labute approximate surface area is 175 Å². The van der Waals surface area contributed by atoms with Gasteiger partial charge in [-0.3, -0.25) is 4.79 Å². The van der Waals surface area contributed by atoms with E-state index in [0.717, 1.165) is 5.56 Å². The summed E-state index contributed by atoms with van der Waals surface area (Å²) in [6.45, 7) is 1.89. The van der Waals surface area contributed by atoms with Crippen molar-refractivity contribution in [1.29, 1.82) is 0 Å². The Kier molecular flexibility index (Phi) is 7.20. The zero-order chi connectivity index (χ0) is 21.6. The van der Waals surface area contributed by atoms with E-state index in [1.165, 1.54) is 17.5 Å². The highest BCUT2D eigenvalue weighted by Gasteiger charge is 2.26. The molecule has 8 nitrogen and oxygen atoms in total. The fraction of sp³-hybridized carbons (Fsp3) is 0.333. The molecule has 0 radical (unpaired) electrons. The Morgan fingerprint density at radius 1 is 1.07 bits per heavy atom. The molecule has 1 fully saturated rings. The Hall–Kier alpha value is -2.75. The molecule has 1 aliphatic heterocycles. The van der Waals surface area contributed by atoms with Crippen LogP contribution in [-0.2, 0) is 25.9 Å². The molecule has 1 saturated heterocycles. The van der Waals surface area contributed by atoms with Gasteiger partial charge >= 0.3 is 5.97 Å². The summed E-state index contributed by atoms with van der Waals surface area (Å²) < 4.78 is 36.6. The van der Waals surface area contributed by atoms with E-state index < -0.39 is 16.0 Å². The number of hydrogen-bond acceptors (Lipinski definition) is 6. The lowest BCUT2D eigenvalue weighted by Crippen LogP contribution is -2.40. The number of carbonyl (C=O) groups is 2. The molecule has 3 rings (SSSR count). The van der Waals surface area contributed by atoms with Crippen LogP contribution in [-0.4, -0.2) is 64.6 Å². The van der Waals surface area contributed by atoms with E-state index >= 15 is 0 Å². The zero-order valence-corrected chi connectivity index (χ0v) is 17.5. The number of ether oxygens (including phenoxy) is 2. The molecule has 0 saturated carbocycles. The van der Waals surface area contributed by atoms with Crippen LogP contribution in [0, 0.1) is 0 Å². The lowest BCUT2D eigenvalue weighted by molar-refractivity contribution is 0.0600. The molecule has 2 aromatic rings. The molecule has 1 N–H and O–H groups in total. The number of sulfonamides is 1. The van der Waals surface area contributed by atoms with Gasteiger partial charge in [-0.15, -0.1) is 0 Å². The maximum absolute atomic E-state index is 12.6. The quantitative estimate of drug-likeness (QED) is 0.665. The summed E-state index contributed by atoms with van der Waals surface area (Å²) in [4.78, 5) is 24.1. The van der Waals surface area contributed by atoms with Crippen molar-refractivity contribution < 1.29 is 27.5 Å². The second-order valence-corrected chi connectivity index (χ2v) is 8.68. The van der Waals surface area contributed by atoms with Crippen LogP contribution in [0.25, 0.3) is 0 Å². The van der Waals surface area contributed by atoms with Crippen molar-refractivity contribution in [2.24, 2.45) is 0 Å². The van der Waals surface area contributed by atoms with E-state index in [0.29, 0.717) is 50.4 Å². The first-order valence-electron chi connectivity index (χ1n) is 9.55. The van der Waals surface area contributed by atoms with Gasteiger partial charge in [-0.2, -0.15) is 4.31 Å². The molecule has 0 aromatic heterocycles. The number of nitrogens with zero attached hydrogens (tertiary/aromatic N) is 1. The minimum Gasteiger partial charge on any atom is -0.465 e. The molecule has 160 valence electrons. The van der Waals surface area contributed by atoms with Crippen molar-refractivity contribution in [1.82, 2.24) is 9.62 Å². The van der Waals surface area contributed by atoms with Crippen molar-refractivity contribution in [2.75, 3.05) is 40.0 Å². The highest BCUT2D eigenvalue weighted by molar-refractivity contribution is 7.89. The Morgan fingerprint density at radius 3 is 2.40 bits per heavy atom. The summed E-state index contributed by atoms with van der Waals surface area (Å²) in [7, 11) is -2.23. The van der Waals surface area contributed by atoms with Crippen molar-refractivity contribution in [3.05, 3.63) is 65.2 Å². The molecule has 1 aliphatic rings. The molecule has 30 heavy (non-hydrogen) atoms. The van der Waals surface area contributed by atoms with Crippen LogP contribution in [0.5, 0.6) is 0 Å². The number of benzene rings is 2. The van der Waals surface area contributed by atoms with Gasteiger partial charge in [0.2, 0.25) is 10.0 Å². The van der Waals surface area contributed by atoms with Gasteiger partial charge in [0.25, 0.3) is 5.91 Å². The number of rotatable bonds is 7. The zero-order valence-electron chi connectivity index (χ0n) is 16.7. The minimum absolute atomic E-state index is 0.247. The van der Waals surface area contributed by atoms with Crippen molar-refractivity contribution in [3.63, 3.8) is 0 Å². The van der Waals surface area contributed by atoms with Gasteiger partial charge in [-0.1, -0.05) is 18.2 Å². The van der Waals surface area contributed by atoms with Crippen LogP contribution in [0.15, 0.2) is 53.4 Å². The third-order valence-corrected chi connectivity index (χ3v) is 6.69. The third kappa shape index (κ3) is 5.24. The van der Waals surface area contributed by atoms with Crippen LogP contribution >= 0.6 is 0 Å². The molecule has 2 aromatic carbocycles. The molecule has 0 unspecified atom stereocenters. The van der Waals surface area contributed by atoms with E-state index in [1.807, 2.05) is 0 Å². The van der Waals surface area contributed by atoms with Crippen molar-refractivity contribution in [2.45, 2.75) is 11.3 Å². The second kappa shape index (κ2) is 9.84. The summed E-state index contributed by atoms with van der Waals surface area (Å²) >= 11 is 0. The topological polar surface area (TPSA) is 102 Å². The molecule has 0 aliphatic carbocycles. The average molecular weight is 432 g/mol. The Balaban J connectivity index is 1.55. The fourth-order valence-corrected chi connectivity index (χ4v) is 4.50. The Morgan fingerprint density at radius 2 is 1.73 bits per heavy atom. The summed E-state index contributed by atoms with van der Waals surface area (Å²) in [5.41, 5.74) is 1.58. The molecule has 1 heterocycles. The molecule has 0 atom stereocenters. The minimum atomic E-state index is -3.52. The van der Waals surface area contributed by atoms with Crippen molar-refractivity contribution >= 4 is 21.9 Å². The standard InChI is InChI=1S/C21H24N2O6S/c1-28-21(25)18-4-2-3-17(15-18)20(24)22-10-9-16-5-7-19(8-6-16)30(26,27)23-11-13-29-14-12-23/h2-8,15H,9-14H2,1H3,(H,22,24). The Bertz CT molecular complexity index is 998. The van der Waals surface area contributed by atoms with E-state index in [4.69, 9.17) is 4.74 Å². The highest BCUT2D eigenvalue weighted by atomic mass is 32.2. The van der Waals surface area contributed by atoms with Gasteiger partial charge in [-0.25, -0.2) is 13.2 Å². The lowest BCUT2D eigenvalue weighted by Gasteiger charge is -2.26. The van der Waals surface area contributed by atoms with Crippen molar-refractivity contribution in [3.8, 4) is 0 Å². The van der Waals surface area contributed by atoms with Gasteiger partial charge < -0.3 is 14.8 Å². The monoisotopic (exact) mass is 432 g/mol. The number of morpholine rings is 1. The highest BCUT2D eigenvalue weighted by Crippen LogP contribution is 2.18. The van der Waals surface area contributed by atoms with Crippen LogP contribution in [0.1, 0.15) is 26.3 Å². The molecule has 0 spiro atoms. The number of amides is 1. The molecular weight excluding hydrogens is 408 g/mol. The first-order valence-corrected chi connectivity index (χ1v) is 11.0. The SMILES string of the molecule is COC(=O)c1cccc(C(=O)NCCc2ccc(S(=O)(=O)N3CCOCC3)cc2)c1. The maximum atomic E-state index is 12.6. The van der Waals surface area contributed by atoms with E-state index in [9.17, 15) is 18.0 Å². The number of methoxy groups -OCH3 is 1. The third-order valence-electron chi connectivity index (χ3n) is 4.78. The second-order valence-electron chi connectivity index (χ2n) is 6.74. The smallest absolute Gasteiger partial charge is 0.337 e. The van der Waals surface area contributed by atoms with E-state index in [-0.39, 0.29) is 10.8 Å². The summed E-state index contributed by atoms with van der Waals surface area (Å²) in [5, 5.41) is 2.80. The maximum Gasteiger partial charge on any atom is 0.337 e. The van der Waals surface area contributed by atoms with Crippen LogP contribution in [0.4, 0.5) is 0 Å². The largest absolute Gasteiger partial charge is 0.465 e. The predicted octanol–water partition coefficient (Wildman–Crippen LogP) is 1.47. The van der Waals surface area contributed by atoms with E-state index in [1.54, 1.807) is 42.5 Å². The number of hydrogen-bond donors (Lipinski definition) is 1. The predicted molar refractivity (Wildman–Crippen MR) is 110 cm³/mol. The number of esters is 1. The molecule has 9 heteroatoms. The number of nitrogens with one attached hydrogen (secondary N) is 1. The fourth-order valence-electron chi connectivity index (χ4n) is 3.09. The first-order chi connectivity index (χ1) is 14.4. The van der Waals surface area contributed by atoms with Gasteiger partial charge in [0.15, 0.2) is 0 Å². The summed E-state index contributed by atoms with van der Waals surface area (Å²) in [6, 6.07) is 13.0. The van der Waals surface area contributed by atoms with Gasteiger partial charge in [0.05, 0.1) is 30.8 Å².